The minimum atomic E-state index is 0.321. The first kappa shape index (κ1) is 13.4. The van der Waals surface area contributed by atoms with Gasteiger partial charge in [0.2, 0.25) is 0 Å². The van der Waals surface area contributed by atoms with Gasteiger partial charge in [0, 0.05) is 12.0 Å². The molecule has 0 bridgehead atoms. The van der Waals surface area contributed by atoms with E-state index in [9.17, 15) is 4.79 Å². The minimum absolute atomic E-state index is 0.321. The lowest BCUT2D eigenvalue weighted by Crippen LogP contribution is -2.16. The molecule has 1 aliphatic carbocycles. The summed E-state index contributed by atoms with van der Waals surface area (Å²) in [7, 11) is 0. The number of hydrogen-bond donors (Lipinski definition) is 0. The Balaban J connectivity index is 1.79. The van der Waals surface area contributed by atoms with E-state index in [-0.39, 0.29) is 0 Å². The van der Waals surface area contributed by atoms with E-state index < -0.39 is 0 Å². The highest BCUT2D eigenvalue weighted by Crippen LogP contribution is 2.32. The molecule has 20 heavy (non-hydrogen) atoms. The lowest BCUT2D eigenvalue weighted by molar-refractivity contribution is 0.0946. The lowest BCUT2D eigenvalue weighted by atomic mass is 9.80. The van der Waals surface area contributed by atoms with E-state index in [1.165, 1.54) is 25.7 Å². The van der Waals surface area contributed by atoms with Gasteiger partial charge in [0.1, 0.15) is 0 Å². The molecule has 2 aromatic carbocycles. The molecule has 2 aromatic rings. The van der Waals surface area contributed by atoms with Crippen LogP contribution in [-0.4, -0.2) is 5.78 Å². The molecule has 0 aliphatic heterocycles. The van der Waals surface area contributed by atoms with Gasteiger partial charge in [0.05, 0.1) is 0 Å². The molecule has 0 aromatic heterocycles. The van der Waals surface area contributed by atoms with Gasteiger partial charge in [0.25, 0.3) is 0 Å². The molecule has 0 atom stereocenters. The standard InChI is InChI=1S/C19H22O/c1-14-9-11-15(12-10-14)13-19(20)18-8-4-6-16-5-2-3-7-17(16)18/h2-8,14-15H,9-13H2,1H3. The van der Waals surface area contributed by atoms with E-state index >= 15 is 0 Å². The van der Waals surface area contributed by atoms with Crippen LogP contribution in [0.2, 0.25) is 0 Å². The average molecular weight is 266 g/mol. The maximum absolute atomic E-state index is 12.6. The molecule has 1 aliphatic rings. The maximum Gasteiger partial charge on any atom is 0.163 e. The molecule has 1 saturated carbocycles. The predicted molar refractivity (Wildman–Crippen MR) is 84.0 cm³/mol. The Labute approximate surface area is 121 Å². The smallest absolute Gasteiger partial charge is 0.163 e. The van der Waals surface area contributed by atoms with E-state index in [0.717, 1.165) is 28.7 Å². The number of Topliss-reactive ketones (excluding diaryl/α,β-unsaturated/α-hetero) is 1. The molecule has 1 fully saturated rings. The van der Waals surface area contributed by atoms with E-state index in [4.69, 9.17) is 0 Å². The normalized spacial score (nSPS) is 22.9. The number of ketones is 1. The zero-order chi connectivity index (χ0) is 13.9. The van der Waals surface area contributed by atoms with E-state index in [1.54, 1.807) is 0 Å². The van der Waals surface area contributed by atoms with Gasteiger partial charge in [-0.15, -0.1) is 0 Å². The van der Waals surface area contributed by atoms with Crippen LogP contribution in [0.5, 0.6) is 0 Å². The van der Waals surface area contributed by atoms with Crippen molar-refractivity contribution < 1.29 is 4.79 Å². The molecule has 1 nitrogen and oxygen atoms in total. The zero-order valence-electron chi connectivity index (χ0n) is 12.1. The topological polar surface area (TPSA) is 17.1 Å². The van der Waals surface area contributed by atoms with Crippen molar-refractivity contribution in [1.82, 2.24) is 0 Å². The van der Waals surface area contributed by atoms with Gasteiger partial charge in [-0.05, 0) is 35.4 Å². The summed E-state index contributed by atoms with van der Waals surface area (Å²) in [5.41, 5.74) is 0.904. The van der Waals surface area contributed by atoms with Crippen LogP contribution < -0.4 is 0 Å². The molecule has 0 heterocycles. The van der Waals surface area contributed by atoms with Gasteiger partial charge in [-0.25, -0.2) is 0 Å². The SMILES string of the molecule is CC1CCC(CC(=O)c2cccc3ccccc23)CC1. The van der Waals surface area contributed by atoms with Crippen molar-refractivity contribution in [2.75, 3.05) is 0 Å². The molecule has 0 unspecified atom stereocenters. The van der Waals surface area contributed by atoms with Crippen LogP contribution >= 0.6 is 0 Å². The molecule has 0 radical (unpaired) electrons. The number of carbonyl (C=O) groups excluding carboxylic acids is 1. The van der Waals surface area contributed by atoms with Gasteiger partial charge >= 0.3 is 0 Å². The van der Waals surface area contributed by atoms with Gasteiger partial charge < -0.3 is 0 Å². The molecule has 0 N–H and O–H groups in total. The van der Waals surface area contributed by atoms with Crippen LogP contribution in [0.25, 0.3) is 10.8 Å². The molecular weight excluding hydrogens is 244 g/mol. The zero-order valence-corrected chi connectivity index (χ0v) is 12.1. The highest BCUT2D eigenvalue weighted by molar-refractivity contribution is 6.08. The van der Waals surface area contributed by atoms with Crippen LogP contribution in [0.15, 0.2) is 42.5 Å². The Morgan fingerprint density at radius 1 is 1.00 bits per heavy atom. The summed E-state index contributed by atoms with van der Waals surface area (Å²) in [5.74, 6) is 1.76. The largest absolute Gasteiger partial charge is 0.294 e. The molecule has 0 spiro atoms. The number of benzene rings is 2. The van der Waals surface area contributed by atoms with E-state index in [2.05, 4.69) is 25.1 Å². The lowest BCUT2D eigenvalue weighted by Gasteiger charge is -2.25. The number of hydrogen-bond acceptors (Lipinski definition) is 1. The average Bonchev–Trinajstić information content (AvgIpc) is 2.49. The fourth-order valence-electron chi connectivity index (χ4n) is 3.37. The second-order valence-electron chi connectivity index (χ2n) is 6.28. The summed E-state index contributed by atoms with van der Waals surface area (Å²) < 4.78 is 0. The Morgan fingerprint density at radius 3 is 2.50 bits per heavy atom. The number of fused-ring (bicyclic) bond motifs is 1. The summed E-state index contributed by atoms with van der Waals surface area (Å²) in [5, 5.41) is 2.26. The van der Waals surface area contributed by atoms with Crippen LogP contribution in [0, 0.1) is 11.8 Å². The fraction of sp³-hybridized carbons (Fsp3) is 0.421. The first-order valence-corrected chi connectivity index (χ1v) is 7.75. The van der Waals surface area contributed by atoms with Crippen LogP contribution in [0.4, 0.5) is 0 Å². The Hall–Kier alpha value is -1.63. The van der Waals surface area contributed by atoms with Crippen LogP contribution in [0.1, 0.15) is 49.4 Å². The van der Waals surface area contributed by atoms with Crippen molar-refractivity contribution >= 4 is 16.6 Å². The van der Waals surface area contributed by atoms with E-state index in [1.807, 2.05) is 24.3 Å². The van der Waals surface area contributed by atoms with Gasteiger partial charge in [-0.3, -0.25) is 4.79 Å². The Bertz CT molecular complexity index is 601. The van der Waals surface area contributed by atoms with Crippen molar-refractivity contribution in [2.45, 2.75) is 39.0 Å². The monoisotopic (exact) mass is 266 g/mol. The van der Waals surface area contributed by atoms with Crippen molar-refractivity contribution in [3.8, 4) is 0 Å². The molecule has 0 amide bonds. The third-order valence-electron chi connectivity index (χ3n) is 4.70. The summed E-state index contributed by atoms with van der Waals surface area (Å²) in [6, 6.07) is 14.2. The molecule has 3 rings (SSSR count). The van der Waals surface area contributed by atoms with Crippen molar-refractivity contribution in [3.63, 3.8) is 0 Å². The Kier molecular flexibility index (Phi) is 3.86. The number of carbonyl (C=O) groups is 1. The third-order valence-corrected chi connectivity index (χ3v) is 4.70. The minimum Gasteiger partial charge on any atom is -0.294 e. The van der Waals surface area contributed by atoms with Crippen molar-refractivity contribution in [3.05, 3.63) is 48.0 Å². The summed E-state index contributed by atoms with van der Waals surface area (Å²) >= 11 is 0. The molecular formula is C19H22O. The van der Waals surface area contributed by atoms with Crippen molar-refractivity contribution in [1.29, 1.82) is 0 Å². The summed E-state index contributed by atoms with van der Waals surface area (Å²) in [6.45, 7) is 2.32. The second kappa shape index (κ2) is 5.78. The highest BCUT2D eigenvalue weighted by Gasteiger charge is 2.21. The second-order valence-corrected chi connectivity index (χ2v) is 6.28. The third kappa shape index (κ3) is 2.77. The predicted octanol–water partition coefficient (Wildman–Crippen LogP) is 5.24. The van der Waals surface area contributed by atoms with Crippen LogP contribution in [0.3, 0.4) is 0 Å². The van der Waals surface area contributed by atoms with Crippen LogP contribution in [-0.2, 0) is 0 Å². The first-order valence-electron chi connectivity index (χ1n) is 7.75. The van der Waals surface area contributed by atoms with Gasteiger partial charge in [-0.2, -0.15) is 0 Å². The fourth-order valence-corrected chi connectivity index (χ4v) is 3.37. The first-order chi connectivity index (χ1) is 9.74. The number of rotatable bonds is 3. The summed E-state index contributed by atoms with van der Waals surface area (Å²) in [6.07, 6.45) is 5.73. The summed E-state index contributed by atoms with van der Waals surface area (Å²) in [4.78, 5) is 12.6. The molecule has 1 heteroatoms. The van der Waals surface area contributed by atoms with Gasteiger partial charge in [0.15, 0.2) is 5.78 Å². The molecule has 0 saturated heterocycles. The Morgan fingerprint density at radius 2 is 1.70 bits per heavy atom. The van der Waals surface area contributed by atoms with E-state index in [0.29, 0.717) is 11.7 Å². The molecule has 104 valence electrons. The van der Waals surface area contributed by atoms with Crippen molar-refractivity contribution in [2.24, 2.45) is 11.8 Å². The highest BCUT2D eigenvalue weighted by atomic mass is 16.1. The quantitative estimate of drug-likeness (QED) is 0.694. The maximum atomic E-state index is 12.6. The van der Waals surface area contributed by atoms with Gasteiger partial charge in [-0.1, -0.05) is 62.2 Å².